The summed E-state index contributed by atoms with van der Waals surface area (Å²) in [5.74, 6) is 0.917. The third-order valence-electron chi connectivity index (χ3n) is 6.68. The van der Waals surface area contributed by atoms with E-state index in [0.29, 0.717) is 30.3 Å². The number of carbonyl (C=O) groups excluding carboxylic acids is 1. The van der Waals surface area contributed by atoms with Crippen LogP contribution in [0.5, 0.6) is 5.75 Å². The number of amides is 1. The molecule has 0 saturated heterocycles. The van der Waals surface area contributed by atoms with Crippen molar-refractivity contribution in [1.82, 2.24) is 5.32 Å². The first-order valence-electron chi connectivity index (χ1n) is 13.0. The van der Waals surface area contributed by atoms with Gasteiger partial charge >= 0.3 is 7.12 Å². The van der Waals surface area contributed by atoms with E-state index in [-0.39, 0.29) is 29.3 Å². The molecule has 0 heterocycles. The molecule has 1 rings (SSSR count). The van der Waals surface area contributed by atoms with E-state index in [1.54, 1.807) is 24.3 Å². The Balaban J connectivity index is 0.000000696. The number of carbonyl (C=O) groups is 1. The van der Waals surface area contributed by atoms with Crippen LogP contribution in [0.4, 0.5) is 0 Å². The second-order valence-corrected chi connectivity index (χ2v) is 11.3. The zero-order chi connectivity index (χ0) is 28.2. The second kappa shape index (κ2) is 15.7. The minimum absolute atomic E-state index is 0.0147. The zero-order valence-corrected chi connectivity index (χ0v) is 24.5. The van der Waals surface area contributed by atoms with Crippen LogP contribution in [0, 0.1) is 11.3 Å². The average molecular weight is 504 g/mol. The van der Waals surface area contributed by atoms with Gasteiger partial charge in [0.25, 0.3) is 14.2 Å². The van der Waals surface area contributed by atoms with Gasteiger partial charge in [-0.05, 0) is 56.1 Å². The van der Waals surface area contributed by atoms with Gasteiger partial charge in [0.1, 0.15) is 12.4 Å². The van der Waals surface area contributed by atoms with Crippen LogP contribution in [-0.4, -0.2) is 61.6 Å². The Bertz CT molecular complexity index is 770. The summed E-state index contributed by atoms with van der Waals surface area (Å²) in [6.45, 7) is 24.0. The van der Waals surface area contributed by atoms with Gasteiger partial charge in [0, 0.05) is 18.1 Å². The molecule has 0 aliphatic rings. The molecule has 0 spiro atoms. The average Bonchev–Trinajstić information content (AvgIpc) is 2.75. The maximum absolute atomic E-state index is 10.6. The van der Waals surface area contributed by atoms with Crippen LogP contribution in [0.1, 0.15) is 82.1 Å². The molecule has 0 aliphatic carbocycles. The van der Waals surface area contributed by atoms with Crippen LogP contribution >= 0.6 is 0 Å². The van der Waals surface area contributed by atoms with Crippen LogP contribution in [0.25, 0.3) is 0 Å². The largest absolute Gasteiger partial charge is 0.492 e. The number of hydrogen-bond donors (Lipinski definition) is 3. The van der Waals surface area contributed by atoms with E-state index in [4.69, 9.17) is 24.1 Å². The van der Waals surface area contributed by atoms with Gasteiger partial charge in [-0.1, -0.05) is 66.9 Å². The standard InChI is InChI=1S/C16H35B2O2.C10H14BNO4/c1-11-12-16(9,13(2)3)19-17-18(10)20-15(7,8)14(4,5)6;1-8(13)12-5-6-16-10-4-2-3-9(7-10)11(14)15/h13H,11-12H2,1-10H3;2-4,7,14-15H,5-6H2,1H3,(H,12,13). The predicted molar refractivity (Wildman–Crippen MR) is 152 cm³/mol. The summed E-state index contributed by atoms with van der Waals surface area (Å²) in [6.07, 6.45) is 2.20. The second-order valence-electron chi connectivity index (χ2n) is 11.3. The Kier molecular flexibility index (Phi) is 15.1. The maximum Gasteiger partial charge on any atom is 0.488 e. The van der Waals surface area contributed by atoms with Gasteiger partial charge in [-0.15, -0.1) is 0 Å². The van der Waals surface area contributed by atoms with Crippen LogP contribution in [0.15, 0.2) is 24.3 Å². The highest BCUT2D eigenvalue weighted by Crippen LogP contribution is 2.33. The molecule has 1 radical (unpaired) electrons. The minimum Gasteiger partial charge on any atom is -0.492 e. The minimum atomic E-state index is -1.50. The van der Waals surface area contributed by atoms with E-state index in [0.717, 1.165) is 12.8 Å². The van der Waals surface area contributed by atoms with E-state index in [1.807, 2.05) is 7.37 Å². The van der Waals surface area contributed by atoms with Crippen molar-refractivity contribution in [2.45, 2.75) is 100 Å². The molecule has 0 aromatic heterocycles. The van der Waals surface area contributed by atoms with Crippen molar-refractivity contribution in [1.29, 1.82) is 0 Å². The predicted octanol–water partition coefficient (Wildman–Crippen LogP) is 3.68. The number of benzene rings is 1. The van der Waals surface area contributed by atoms with Crippen LogP contribution < -0.4 is 15.5 Å². The maximum atomic E-state index is 10.6. The van der Waals surface area contributed by atoms with Crippen molar-refractivity contribution in [3.63, 3.8) is 0 Å². The van der Waals surface area contributed by atoms with Crippen molar-refractivity contribution in [2.75, 3.05) is 13.2 Å². The summed E-state index contributed by atoms with van der Waals surface area (Å²) in [7, 11) is 0.377. The lowest BCUT2D eigenvalue weighted by Gasteiger charge is -2.41. The van der Waals surface area contributed by atoms with E-state index < -0.39 is 7.12 Å². The van der Waals surface area contributed by atoms with Crippen molar-refractivity contribution in [3.05, 3.63) is 24.3 Å². The first-order valence-corrected chi connectivity index (χ1v) is 13.0. The lowest BCUT2D eigenvalue weighted by atomic mass is 9.43. The fraction of sp³-hybridized carbons (Fsp3) is 0.731. The molecule has 7 nitrogen and oxygen atoms in total. The Hall–Kier alpha value is -1.48. The number of ether oxygens (including phenoxy) is 1. The van der Waals surface area contributed by atoms with Gasteiger partial charge in [-0.25, -0.2) is 0 Å². The molecule has 1 atom stereocenters. The first kappa shape index (κ1) is 34.5. The molecule has 0 aliphatic heterocycles. The normalized spacial score (nSPS) is 13.3. The zero-order valence-electron chi connectivity index (χ0n) is 24.5. The highest BCUT2D eigenvalue weighted by molar-refractivity contribution is 7.05. The Morgan fingerprint density at radius 1 is 1.14 bits per heavy atom. The van der Waals surface area contributed by atoms with Gasteiger partial charge in [-0.3, -0.25) is 4.79 Å². The van der Waals surface area contributed by atoms with Crippen LogP contribution in [0.3, 0.4) is 0 Å². The molecule has 3 N–H and O–H groups in total. The quantitative estimate of drug-likeness (QED) is 0.280. The molecule has 1 unspecified atom stereocenters. The highest BCUT2D eigenvalue weighted by atomic mass is 16.5. The van der Waals surface area contributed by atoms with Crippen LogP contribution in [-0.2, 0) is 14.1 Å². The monoisotopic (exact) mass is 504 g/mol. The Morgan fingerprint density at radius 2 is 1.75 bits per heavy atom. The van der Waals surface area contributed by atoms with Crippen molar-refractivity contribution < 1.29 is 28.9 Å². The molecule has 0 saturated carbocycles. The van der Waals surface area contributed by atoms with Crippen molar-refractivity contribution in [2.24, 2.45) is 11.3 Å². The van der Waals surface area contributed by atoms with Gasteiger partial charge in [0.05, 0.1) is 6.54 Å². The number of rotatable bonds is 13. The van der Waals surface area contributed by atoms with Gasteiger partial charge < -0.3 is 29.4 Å². The van der Waals surface area contributed by atoms with E-state index in [9.17, 15) is 4.79 Å². The molecule has 1 aromatic carbocycles. The molecule has 0 bridgehead atoms. The van der Waals surface area contributed by atoms with Crippen molar-refractivity contribution in [3.8, 4) is 5.75 Å². The molecular formula is C26H49B3NO6. The van der Waals surface area contributed by atoms with Gasteiger partial charge in [0.15, 0.2) is 0 Å². The Morgan fingerprint density at radius 3 is 2.22 bits per heavy atom. The van der Waals surface area contributed by atoms with Gasteiger partial charge in [0.2, 0.25) is 5.91 Å². The summed E-state index contributed by atoms with van der Waals surface area (Å²) in [6, 6.07) is 6.51. The van der Waals surface area contributed by atoms with E-state index in [1.165, 1.54) is 6.92 Å². The molecule has 1 amide bonds. The molecular weight excluding hydrogens is 455 g/mol. The lowest BCUT2D eigenvalue weighted by Crippen LogP contribution is -2.47. The topological polar surface area (TPSA) is 97.3 Å². The summed E-state index contributed by atoms with van der Waals surface area (Å²) >= 11 is 0. The summed E-state index contributed by atoms with van der Waals surface area (Å²) in [5.41, 5.74) is 0.181. The number of nitrogens with one attached hydrogen (secondary N) is 1. The fourth-order valence-electron chi connectivity index (χ4n) is 3.06. The lowest BCUT2D eigenvalue weighted by molar-refractivity contribution is -0.119. The Labute approximate surface area is 221 Å². The first-order chi connectivity index (χ1) is 16.4. The summed E-state index contributed by atoms with van der Waals surface area (Å²) < 4.78 is 17.6. The van der Waals surface area contributed by atoms with Crippen LogP contribution in [0.2, 0.25) is 6.82 Å². The molecule has 0 fully saturated rings. The molecule has 10 heteroatoms. The van der Waals surface area contributed by atoms with E-state index >= 15 is 0 Å². The van der Waals surface area contributed by atoms with E-state index in [2.05, 4.69) is 74.5 Å². The smallest absolute Gasteiger partial charge is 0.488 e. The molecule has 1 aromatic rings. The summed E-state index contributed by atoms with van der Waals surface area (Å²) in [5, 5.41) is 20.5. The third kappa shape index (κ3) is 13.2. The summed E-state index contributed by atoms with van der Waals surface area (Å²) in [4.78, 5) is 10.6. The highest BCUT2D eigenvalue weighted by Gasteiger charge is 2.37. The van der Waals surface area contributed by atoms with Gasteiger partial charge in [-0.2, -0.15) is 0 Å². The van der Waals surface area contributed by atoms with Crippen molar-refractivity contribution >= 4 is 32.7 Å². The SMILES string of the molecule is CC(=O)NCCOc1cccc(B(O)O)c1.CCCC(C)(O[B]B(C)OC(C)(C)C(C)(C)C)C(C)C. The fourth-order valence-corrected chi connectivity index (χ4v) is 3.06. The molecule has 203 valence electrons. The molecule has 36 heavy (non-hydrogen) atoms. The third-order valence-corrected chi connectivity index (χ3v) is 6.68. The number of hydrogen-bond acceptors (Lipinski definition) is 6.